The lowest BCUT2D eigenvalue weighted by atomic mass is 10.0. The second kappa shape index (κ2) is 6.13. The van der Waals surface area contributed by atoms with E-state index in [-0.39, 0.29) is 28.5 Å². The summed E-state index contributed by atoms with van der Waals surface area (Å²) in [6, 6.07) is 3.66. The van der Waals surface area contributed by atoms with E-state index in [9.17, 15) is 14.4 Å². The van der Waals surface area contributed by atoms with Crippen molar-refractivity contribution in [2.45, 2.75) is 12.5 Å². The van der Waals surface area contributed by atoms with Crippen molar-refractivity contribution in [1.82, 2.24) is 15.3 Å². The molecule has 4 fully saturated rings. The lowest BCUT2D eigenvalue weighted by Crippen LogP contribution is -2.27. The first-order valence-electron chi connectivity index (χ1n) is 9.10. The SMILES string of the molecule is O=C(/C=C/c1ccc[n+]([O-])c1)NCC[C@@]12C3[C@H]1[C@H]2CN3c1nc(Cl)ncc1F. The van der Waals surface area contributed by atoms with Gasteiger partial charge in [-0.2, -0.15) is 9.71 Å². The van der Waals surface area contributed by atoms with Gasteiger partial charge in [0.1, 0.15) is 0 Å². The van der Waals surface area contributed by atoms with Gasteiger partial charge < -0.3 is 15.4 Å². The Morgan fingerprint density at radius 1 is 1.57 bits per heavy atom. The molecule has 7 nitrogen and oxygen atoms in total. The van der Waals surface area contributed by atoms with Crippen LogP contribution in [0.4, 0.5) is 10.2 Å². The van der Waals surface area contributed by atoms with Gasteiger partial charge in [-0.3, -0.25) is 4.79 Å². The minimum atomic E-state index is -0.453. The molecule has 2 aliphatic heterocycles. The third-order valence-electron chi connectivity index (χ3n) is 6.20. The van der Waals surface area contributed by atoms with Gasteiger partial charge in [-0.1, -0.05) is 0 Å². The number of pyridine rings is 1. The summed E-state index contributed by atoms with van der Waals surface area (Å²) in [5, 5.41) is 14.1. The van der Waals surface area contributed by atoms with Gasteiger partial charge in [0, 0.05) is 42.3 Å². The van der Waals surface area contributed by atoms with Crippen molar-refractivity contribution in [2.75, 3.05) is 18.0 Å². The van der Waals surface area contributed by atoms with E-state index in [1.807, 2.05) is 4.90 Å². The summed E-state index contributed by atoms with van der Waals surface area (Å²) in [7, 11) is 0. The number of nitrogens with zero attached hydrogens (tertiary/aromatic N) is 4. The maximum Gasteiger partial charge on any atom is 0.244 e. The Labute approximate surface area is 165 Å². The molecule has 4 aliphatic rings. The average Bonchev–Trinajstić information content (AvgIpc) is 3.36. The van der Waals surface area contributed by atoms with Crippen LogP contribution in [-0.4, -0.2) is 35.0 Å². The van der Waals surface area contributed by atoms with Gasteiger partial charge in [0.2, 0.25) is 11.2 Å². The highest BCUT2D eigenvalue weighted by atomic mass is 35.5. The second-order valence-corrected chi connectivity index (χ2v) is 7.86. The van der Waals surface area contributed by atoms with Gasteiger partial charge in [0.15, 0.2) is 24.0 Å². The summed E-state index contributed by atoms with van der Waals surface area (Å²) >= 11 is 5.81. The van der Waals surface area contributed by atoms with Gasteiger partial charge in [-0.05, 0) is 42.0 Å². The molecule has 144 valence electrons. The average molecular weight is 402 g/mol. The van der Waals surface area contributed by atoms with Crippen LogP contribution in [0, 0.1) is 28.3 Å². The van der Waals surface area contributed by atoms with Crippen molar-refractivity contribution < 1.29 is 13.9 Å². The Kier molecular flexibility index (Phi) is 3.80. The van der Waals surface area contributed by atoms with Crippen LogP contribution in [0.15, 0.2) is 36.8 Å². The number of nitrogens with one attached hydrogen (secondary N) is 1. The molecule has 0 spiro atoms. The van der Waals surface area contributed by atoms with Crippen LogP contribution in [0.1, 0.15) is 12.0 Å². The zero-order chi connectivity index (χ0) is 19.5. The highest BCUT2D eigenvalue weighted by molar-refractivity contribution is 6.28. The van der Waals surface area contributed by atoms with Crippen LogP contribution in [0.5, 0.6) is 0 Å². The van der Waals surface area contributed by atoms with Gasteiger partial charge in [0.25, 0.3) is 0 Å². The number of piperidine rings is 1. The molecule has 1 N–H and O–H groups in total. The van der Waals surface area contributed by atoms with Crippen molar-refractivity contribution in [3.63, 3.8) is 0 Å². The Bertz CT molecular complexity index is 996. The zero-order valence-corrected chi connectivity index (χ0v) is 15.5. The van der Waals surface area contributed by atoms with Crippen LogP contribution in [0.2, 0.25) is 5.28 Å². The van der Waals surface area contributed by atoms with Gasteiger partial charge in [-0.25, -0.2) is 9.37 Å². The highest BCUT2D eigenvalue weighted by Gasteiger charge is 2.91. The molecule has 2 saturated heterocycles. The first-order valence-corrected chi connectivity index (χ1v) is 9.48. The van der Waals surface area contributed by atoms with Gasteiger partial charge in [0.05, 0.1) is 6.20 Å². The van der Waals surface area contributed by atoms with Crippen LogP contribution < -0.4 is 14.9 Å². The minimum Gasteiger partial charge on any atom is -0.619 e. The lowest BCUT2D eigenvalue weighted by Gasteiger charge is -2.18. The molecule has 4 heterocycles. The normalized spacial score (nSPS) is 29.1. The molecule has 2 bridgehead atoms. The Morgan fingerprint density at radius 3 is 3.21 bits per heavy atom. The molecule has 0 radical (unpaired) electrons. The summed E-state index contributed by atoms with van der Waals surface area (Å²) in [4.78, 5) is 21.7. The molecule has 0 aromatic carbocycles. The fourth-order valence-electron chi connectivity index (χ4n) is 4.92. The summed E-state index contributed by atoms with van der Waals surface area (Å²) in [5.41, 5.74) is 0.837. The van der Waals surface area contributed by atoms with E-state index in [4.69, 9.17) is 11.6 Å². The van der Waals surface area contributed by atoms with Gasteiger partial charge >= 0.3 is 0 Å². The zero-order valence-electron chi connectivity index (χ0n) is 14.8. The van der Waals surface area contributed by atoms with Crippen molar-refractivity contribution in [2.24, 2.45) is 17.3 Å². The number of aromatic nitrogens is 3. The predicted octanol–water partition coefficient (Wildman–Crippen LogP) is 1.56. The van der Waals surface area contributed by atoms with E-state index in [1.165, 1.54) is 18.5 Å². The maximum atomic E-state index is 14.0. The molecule has 2 saturated carbocycles. The van der Waals surface area contributed by atoms with Crippen LogP contribution in [-0.2, 0) is 4.79 Å². The molecule has 6 rings (SSSR count). The summed E-state index contributed by atoms with van der Waals surface area (Å²) < 4.78 is 14.7. The number of hydrogen-bond donors (Lipinski definition) is 1. The van der Waals surface area contributed by atoms with Crippen molar-refractivity contribution in [1.29, 1.82) is 0 Å². The predicted molar refractivity (Wildman–Crippen MR) is 99.6 cm³/mol. The van der Waals surface area contributed by atoms with E-state index in [0.717, 1.165) is 19.2 Å². The molecular formula is C19H17ClFN5O2. The van der Waals surface area contributed by atoms with E-state index in [2.05, 4.69) is 15.3 Å². The van der Waals surface area contributed by atoms with E-state index in [0.29, 0.717) is 28.7 Å². The maximum absolute atomic E-state index is 14.0. The van der Waals surface area contributed by atoms with Crippen LogP contribution in [0.3, 0.4) is 0 Å². The molecule has 28 heavy (non-hydrogen) atoms. The van der Waals surface area contributed by atoms with E-state index in [1.54, 1.807) is 18.2 Å². The topological polar surface area (TPSA) is 85.1 Å². The first kappa shape index (κ1) is 17.4. The third-order valence-corrected chi connectivity index (χ3v) is 6.38. The fourth-order valence-corrected chi connectivity index (χ4v) is 5.04. The standard InChI is InChI=1S/C19H17ClFN5O2/c20-18-23-8-13(21)17(24-18)26-10-12-15-16(26)19(12,15)5-6-22-14(27)4-3-11-2-1-7-25(28)9-11/h1-4,7-9,12,15-16H,5-6,10H2,(H,22,27)/b4-3+/t12-,15-,16?,19+/m1/s1. The number of carbonyl (C=O) groups is 1. The quantitative estimate of drug-likeness (QED) is 0.343. The number of carbonyl (C=O) groups excluding carboxylic acids is 1. The summed E-state index contributed by atoms with van der Waals surface area (Å²) in [5.74, 6) is 0.723. The fraction of sp³-hybridized carbons (Fsp3) is 0.368. The van der Waals surface area contributed by atoms with Gasteiger partial charge in [-0.15, -0.1) is 0 Å². The third kappa shape index (κ3) is 2.63. The molecule has 9 heteroatoms. The molecular weight excluding hydrogens is 385 g/mol. The molecule has 4 atom stereocenters. The summed E-state index contributed by atoms with van der Waals surface area (Å²) in [6.07, 6.45) is 7.77. The highest BCUT2D eigenvalue weighted by Crippen LogP contribution is 2.87. The second-order valence-electron chi connectivity index (χ2n) is 7.52. The number of amides is 1. The Balaban J connectivity index is 1.15. The van der Waals surface area contributed by atoms with Crippen molar-refractivity contribution >= 4 is 29.4 Å². The van der Waals surface area contributed by atoms with E-state index >= 15 is 0 Å². The molecule has 1 unspecified atom stereocenters. The Hall–Kier alpha value is -2.74. The smallest absolute Gasteiger partial charge is 0.244 e. The molecule has 2 aliphatic carbocycles. The van der Waals surface area contributed by atoms with Crippen LogP contribution >= 0.6 is 11.6 Å². The monoisotopic (exact) mass is 401 g/mol. The minimum absolute atomic E-state index is 0.0458. The Morgan fingerprint density at radius 2 is 2.43 bits per heavy atom. The summed E-state index contributed by atoms with van der Waals surface area (Å²) in [6.45, 7) is 1.33. The number of rotatable bonds is 6. The first-order chi connectivity index (χ1) is 13.5. The molecule has 2 aromatic rings. The van der Waals surface area contributed by atoms with E-state index < -0.39 is 5.82 Å². The number of anilines is 1. The van der Waals surface area contributed by atoms with Crippen molar-refractivity contribution in [3.05, 3.63) is 58.7 Å². The van der Waals surface area contributed by atoms with Crippen LogP contribution in [0.25, 0.3) is 6.08 Å². The molecule has 2 aromatic heterocycles. The lowest BCUT2D eigenvalue weighted by molar-refractivity contribution is -0.605. The number of hydrogen-bond acceptors (Lipinski definition) is 5. The van der Waals surface area contributed by atoms with Crippen molar-refractivity contribution in [3.8, 4) is 0 Å². The molecule has 1 amide bonds. The number of halogens is 2. The largest absolute Gasteiger partial charge is 0.619 e. The number of fused-ring (bicyclic) bond motifs is 1.